The zero-order valence-corrected chi connectivity index (χ0v) is 24.5. The summed E-state index contributed by atoms with van der Waals surface area (Å²) in [6.45, 7) is 7.32. The molecule has 8 heteroatoms. The second-order valence-electron chi connectivity index (χ2n) is 11.7. The van der Waals surface area contributed by atoms with E-state index in [1.165, 1.54) is 12.8 Å². The van der Waals surface area contributed by atoms with Gasteiger partial charge in [0.25, 0.3) is 0 Å². The molecule has 41 heavy (non-hydrogen) atoms. The lowest BCUT2D eigenvalue weighted by molar-refractivity contribution is 0.106. The maximum absolute atomic E-state index is 16.8. The van der Waals surface area contributed by atoms with Crippen molar-refractivity contribution < 1.29 is 9.13 Å². The molecule has 0 aliphatic carbocycles. The lowest BCUT2D eigenvalue weighted by Crippen LogP contribution is -2.42. The van der Waals surface area contributed by atoms with E-state index in [1.54, 1.807) is 0 Å². The number of amidine groups is 1. The van der Waals surface area contributed by atoms with Crippen LogP contribution in [-0.2, 0) is 11.2 Å². The molecule has 0 spiro atoms. The van der Waals surface area contributed by atoms with Crippen LogP contribution < -0.4 is 10.6 Å². The second-order valence-corrected chi connectivity index (χ2v) is 12.1. The molecule has 3 aliphatic heterocycles. The van der Waals surface area contributed by atoms with Crippen molar-refractivity contribution in [2.45, 2.75) is 62.6 Å². The van der Waals surface area contributed by atoms with Crippen LogP contribution in [0.25, 0.3) is 21.9 Å². The van der Waals surface area contributed by atoms with Crippen molar-refractivity contribution in [3.63, 3.8) is 0 Å². The molecule has 2 N–H and O–H groups in total. The quantitative estimate of drug-likeness (QED) is 0.237. The maximum atomic E-state index is 16.8. The Morgan fingerprint density at radius 1 is 1.15 bits per heavy atom. The Bertz CT molecular complexity index is 1440. The molecule has 216 valence electrons. The first-order valence-corrected chi connectivity index (χ1v) is 15.2. The SMILES string of the molecule is C=N/C(=N\c1c(CC2CCC(CNC)N2)cc(Cl)c(-c2cccc3ccccc23)c1F)OCC12CCCN1CCC2. The van der Waals surface area contributed by atoms with E-state index in [9.17, 15) is 0 Å². The van der Waals surface area contributed by atoms with E-state index >= 15 is 4.39 Å². The van der Waals surface area contributed by atoms with Crippen LogP contribution in [0.2, 0.25) is 5.02 Å². The summed E-state index contributed by atoms with van der Waals surface area (Å²) in [5, 5.41) is 9.26. The summed E-state index contributed by atoms with van der Waals surface area (Å²) in [4.78, 5) is 11.4. The van der Waals surface area contributed by atoms with E-state index in [2.05, 4.69) is 27.2 Å². The summed E-state index contributed by atoms with van der Waals surface area (Å²) in [6, 6.07) is 16.4. The minimum atomic E-state index is -0.458. The highest BCUT2D eigenvalue weighted by atomic mass is 35.5. The number of benzene rings is 3. The first-order chi connectivity index (χ1) is 20.0. The minimum absolute atomic E-state index is 0.0248. The van der Waals surface area contributed by atoms with Gasteiger partial charge in [-0.3, -0.25) is 4.90 Å². The van der Waals surface area contributed by atoms with Gasteiger partial charge in [0.05, 0.1) is 10.6 Å². The van der Waals surface area contributed by atoms with E-state index in [0.717, 1.165) is 67.2 Å². The smallest absolute Gasteiger partial charge is 0.316 e. The molecule has 3 heterocycles. The standard InChI is InChI=1S/C33H39ClFN5O/c1-36-20-25-13-12-24(38-25)18-23-19-28(34)29(27-11-5-9-22-8-3-4-10-26(22)27)30(35)31(23)39-32(37-2)41-21-33-14-6-16-40(33)17-7-15-33/h3-5,8-11,19,24-25,36,38H,2,6-7,12-18,20-21H2,1H3/b39-32+. The van der Waals surface area contributed by atoms with E-state index in [4.69, 9.17) is 21.3 Å². The molecule has 2 atom stereocenters. The average molecular weight is 576 g/mol. The fourth-order valence-electron chi connectivity index (χ4n) is 7.23. The van der Waals surface area contributed by atoms with Gasteiger partial charge in [0.2, 0.25) is 0 Å². The molecule has 3 aliphatic rings. The number of aliphatic imine (C=N–C) groups is 2. The molecule has 2 unspecified atom stereocenters. The van der Waals surface area contributed by atoms with Crippen molar-refractivity contribution >= 4 is 40.8 Å². The molecule has 6 nitrogen and oxygen atoms in total. The van der Waals surface area contributed by atoms with Crippen molar-refractivity contribution in [3.05, 3.63) is 64.9 Å². The highest BCUT2D eigenvalue weighted by molar-refractivity contribution is 6.34. The summed E-state index contributed by atoms with van der Waals surface area (Å²) in [5.41, 5.74) is 2.08. The number of nitrogens with zero attached hydrogens (tertiary/aromatic N) is 3. The Kier molecular flexibility index (Phi) is 8.40. The molecule has 0 amide bonds. The molecule has 3 fully saturated rings. The Morgan fingerprint density at radius 2 is 1.90 bits per heavy atom. The Labute approximate surface area is 247 Å². The monoisotopic (exact) mass is 575 g/mol. The molecule has 0 aromatic heterocycles. The second kappa shape index (κ2) is 12.2. The number of rotatable bonds is 8. The molecule has 0 saturated carbocycles. The van der Waals surface area contributed by atoms with Crippen molar-refractivity contribution in [1.29, 1.82) is 0 Å². The predicted octanol–water partition coefficient (Wildman–Crippen LogP) is 6.51. The van der Waals surface area contributed by atoms with Gasteiger partial charge in [-0.2, -0.15) is 4.99 Å². The highest BCUT2D eigenvalue weighted by Gasteiger charge is 2.45. The van der Waals surface area contributed by atoms with Crippen LogP contribution in [0.4, 0.5) is 10.1 Å². The van der Waals surface area contributed by atoms with E-state index < -0.39 is 5.82 Å². The number of hydrogen-bond donors (Lipinski definition) is 2. The summed E-state index contributed by atoms with van der Waals surface area (Å²) < 4.78 is 23.0. The molecule has 3 aromatic rings. The zero-order valence-electron chi connectivity index (χ0n) is 23.8. The third-order valence-electron chi connectivity index (χ3n) is 9.21. The summed E-state index contributed by atoms with van der Waals surface area (Å²) in [7, 11) is 1.96. The fourth-order valence-corrected chi connectivity index (χ4v) is 7.55. The lowest BCUT2D eigenvalue weighted by atomic mass is 9.94. The Balaban J connectivity index is 1.39. The molecule has 6 rings (SSSR count). The largest absolute Gasteiger partial charge is 0.461 e. The number of nitrogens with one attached hydrogen (secondary N) is 2. The molecule has 0 radical (unpaired) electrons. The summed E-state index contributed by atoms with van der Waals surface area (Å²) >= 11 is 6.89. The average Bonchev–Trinajstić information content (AvgIpc) is 3.69. The van der Waals surface area contributed by atoms with Gasteiger partial charge in [-0.05, 0) is 99.8 Å². The minimum Gasteiger partial charge on any atom is -0.461 e. The number of halogens is 2. The molecule has 3 aromatic carbocycles. The number of fused-ring (bicyclic) bond motifs is 2. The first-order valence-electron chi connectivity index (χ1n) is 14.8. The Hall–Kier alpha value is -2.84. The third kappa shape index (κ3) is 5.65. The van der Waals surface area contributed by atoms with Gasteiger partial charge in [-0.1, -0.05) is 54.1 Å². The van der Waals surface area contributed by atoms with Gasteiger partial charge in [-0.15, -0.1) is 0 Å². The zero-order chi connectivity index (χ0) is 28.4. The van der Waals surface area contributed by atoms with Gasteiger partial charge in [0.15, 0.2) is 5.82 Å². The van der Waals surface area contributed by atoms with Gasteiger partial charge in [0, 0.05) is 24.2 Å². The predicted molar refractivity (Wildman–Crippen MR) is 167 cm³/mol. The van der Waals surface area contributed by atoms with Gasteiger partial charge >= 0.3 is 6.02 Å². The van der Waals surface area contributed by atoms with Crippen molar-refractivity contribution in [3.8, 4) is 11.1 Å². The van der Waals surface area contributed by atoms with E-state index in [0.29, 0.717) is 29.7 Å². The van der Waals surface area contributed by atoms with Crippen LogP contribution in [0.1, 0.15) is 44.1 Å². The van der Waals surface area contributed by atoms with Crippen LogP contribution in [0, 0.1) is 5.82 Å². The van der Waals surface area contributed by atoms with Crippen LogP contribution >= 0.6 is 11.6 Å². The fraction of sp³-hybridized carbons (Fsp3) is 0.455. The van der Waals surface area contributed by atoms with Crippen LogP contribution in [-0.4, -0.2) is 68.6 Å². The van der Waals surface area contributed by atoms with Crippen molar-refractivity contribution in [1.82, 2.24) is 15.5 Å². The van der Waals surface area contributed by atoms with Crippen LogP contribution in [0.3, 0.4) is 0 Å². The van der Waals surface area contributed by atoms with E-state index in [-0.39, 0.29) is 23.3 Å². The number of likely N-dealkylation sites (N-methyl/N-ethyl adjacent to an activating group) is 1. The maximum Gasteiger partial charge on any atom is 0.316 e. The molecular formula is C33H39ClFN5O. The third-order valence-corrected chi connectivity index (χ3v) is 9.50. The lowest BCUT2D eigenvalue weighted by Gasteiger charge is -2.31. The van der Waals surface area contributed by atoms with Crippen LogP contribution in [0.15, 0.2) is 58.5 Å². The normalized spacial score (nSPS) is 22.4. The molecular weight excluding hydrogens is 537 g/mol. The first kappa shape index (κ1) is 28.3. The molecule has 0 bridgehead atoms. The topological polar surface area (TPSA) is 61.3 Å². The summed E-state index contributed by atoms with van der Waals surface area (Å²) in [5.74, 6) is -0.458. The number of hydrogen-bond acceptors (Lipinski definition) is 5. The molecule has 3 saturated heterocycles. The Morgan fingerprint density at radius 3 is 2.68 bits per heavy atom. The van der Waals surface area contributed by atoms with Gasteiger partial charge in [-0.25, -0.2) is 9.38 Å². The highest BCUT2D eigenvalue weighted by Crippen LogP contribution is 2.43. The van der Waals surface area contributed by atoms with E-state index in [1.807, 2.05) is 55.6 Å². The van der Waals surface area contributed by atoms with Gasteiger partial charge in [0.1, 0.15) is 12.3 Å². The van der Waals surface area contributed by atoms with Gasteiger partial charge < -0.3 is 15.4 Å². The van der Waals surface area contributed by atoms with Crippen molar-refractivity contribution in [2.24, 2.45) is 9.98 Å². The number of ether oxygens (including phenoxy) is 1. The van der Waals surface area contributed by atoms with Crippen LogP contribution in [0.5, 0.6) is 0 Å². The van der Waals surface area contributed by atoms with Crippen molar-refractivity contribution in [2.75, 3.05) is 33.3 Å². The summed E-state index contributed by atoms with van der Waals surface area (Å²) in [6.07, 6.45) is 7.22.